The lowest BCUT2D eigenvalue weighted by Gasteiger charge is -2.15. The largest absolute Gasteiger partial charge is 0.309 e. The number of nitrogens with zero attached hydrogens (tertiary/aromatic N) is 5. The van der Waals surface area contributed by atoms with E-state index < -0.39 is 0 Å². The number of benzene rings is 9. The normalized spacial score (nSPS) is 11.8. The molecule has 0 spiro atoms. The van der Waals surface area contributed by atoms with E-state index in [0.29, 0.717) is 17.6 Å². The molecule has 0 radical (unpaired) electrons. The summed E-state index contributed by atoms with van der Waals surface area (Å²) < 4.78 is 7.17. The van der Waals surface area contributed by atoms with Gasteiger partial charge in [-0.3, -0.25) is 4.57 Å². The van der Waals surface area contributed by atoms with E-state index >= 15 is 0 Å². The predicted molar refractivity (Wildman–Crippen MR) is 263 cm³/mol. The lowest BCUT2D eigenvalue weighted by molar-refractivity contribution is 0.953. The third-order valence-electron chi connectivity index (χ3n) is 12.4. The Bertz CT molecular complexity index is 3860. The highest BCUT2D eigenvalue weighted by Gasteiger charge is 2.21. The van der Waals surface area contributed by atoms with Crippen molar-refractivity contribution < 1.29 is 0 Å². The van der Waals surface area contributed by atoms with E-state index in [1.54, 1.807) is 0 Å². The molecule has 4 aromatic heterocycles. The van der Waals surface area contributed by atoms with Gasteiger partial charge in [-0.05, 0) is 76.9 Å². The van der Waals surface area contributed by atoms with E-state index in [0.717, 1.165) is 60.6 Å². The Morgan fingerprint density at radius 3 is 1.56 bits per heavy atom. The summed E-state index contributed by atoms with van der Waals surface area (Å²) in [7, 11) is 0. The van der Waals surface area contributed by atoms with Crippen LogP contribution in [0.3, 0.4) is 0 Å². The van der Waals surface area contributed by atoms with Gasteiger partial charge in [-0.2, -0.15) is 9.97 Å². The van der Waals surface area contributed by atoms with Crippen LogP contribution >= 0.6 is 11.3 Å². The minimum atomic E-state index is 0.576. The molecular formula is C57H35N5S. The number of hydrogen-bond acceptors (Lipinski definition) is 4. The Morgan fingerprint density at radius 2 is 0.857 bits per heavy atom. The first-order chi connectivity index (χ1) is 31.2. The number of thiophene rings is 1. The fourth-order valence-electron chi connectivity index (χ4n) is 9.54. The maximum Gasteiger partial charge on any atom is 0.238 e. The third-order valence-corrected chi connectivity index (χ3v) is 13.5. The highest BCUT2D eigenvalue weighted by Crippen LogP contribution is 2.43. The zero-order valence-corrected chi connectivity index (χ0v) is 34.7. The molecule has 4 heterocycles. The second kappa shape index (κ2) is 14.2. The zero-order valence-electron chi connectivity index (χ0n) is 33.9. The summed E-state index contributed by atoms with van der Waals surface area (Å²) >= 11 is 1.85. The summed E-state index contributed by atoms with van der Waals surface area (Å²) in [6.45, 7) is 0. The SMILES string of the molecule is c1ccc(-c2cc(-c3cccc4sc5ccccc5c34)cc(-n3c4ccccc4c4ccc(-c5nc(-c6ccccc6)nc(-n6c7ccccc7c7ccccc76)n5)cc43)c2)cc1. The number of fused-ring (bicyclic) bond motifs is 9. The Labute approximate surface area is 366 Å². The van der Waals surface area contributed by atoms with E-state index in [9.17, 15) is 0 Å². The van der Waals surface area contributed by atoms with Gasteiger partial charge in [-0.1, -0.05) is 158 Å². The molecule has 0 N–H and O–H groups in total. The van der Waals surface area contributed by atoms with E-state index in [1.807, 2.05) is 29.5 Å². The molecule has 0 aliphatic carbocycles. The van der Waals surface area contributed by atoms with Crippen molar-refractivity contribution in [2.24, 2.45) is 0 Å². The Kier molecular flexibility index (Phi) is 8.01. The molecule has 13 rings (SSSR count). The van der Waals surface area contributed by atoms with E-state index in [4.69, 9.17) is 15.0 Å². The van der Waals surface area contributed by atoms with Crippen LogP contribution in [0.4, 0.5) is 0 Å². The van der Waals surface area contributed by atoms with Crippen molar-refractivity contribution >= 4 is 75.1 Å². The van der Waals surface area contributed by atoms with Gasteiger partial charge in [0.1, 0.15) is 0 Å². The summed E-state index contributed by atoms with van der Waals surface area (Å²) in [6.07, 6.45) is 0. The monoisotopic (exact) mass is 821 g/mol. The number of aromatic nitrogens is 5. The summed E-state index contributed by atoms with van der Waals surface area (Å²) in [5.74, 6) is 1.80. The second-order valence-electron chi connectivity index (χ2n) is 16.0. The average Bonchev–Trinajstić information content (AvgIpc) is 4.02. The van der Waals surface area contributed by atoms with Gasteiger partial charge in [-0.15, -0.1) is 11.3 Å². The summed E-state index contributed by atoms with van der Waals surface area (Å²) in [5.41, 5.74) is 11.9. The van der Waals surface area contributed by atoms with Crippen molar-refractivity contribution in [3.63, 3.8) is 0 Å². The van der Waals surface area contributed by atoms with E-state index in [1.165, 1.54) is 42.2 Å². The van der Waals surface area contributed by atoms with Crippen LogP contribution in [0.1, 0.15) is 0 Å². The van der Waals surface area contributed by atoms with Gasteiger partial charge >= 0.3 is 0 Å². The van der Waals surface area contributed by atoms with Crippen molar-refractivity contribution in [1.29, 1.82) is 0 Å². The summed E-state index contributed by atoms with van der Waals surface area (Å²) in [6, 6.07) is 75.8. The molecule has 9 aromatic carbocycles. The number of hydrogen-bond donors (Lipinski definition) is 0. The van der Waals surface area contributed by atoms with Gasteiger partial charge in [0.25, 0.3) is 0 Å². The molecule has 0 amide bonds. The van der Waals surface area contributed by atoms with Gasteiger partial charge in [0, 0.05) is 58.5 Å². The minimum Gasteiger partial charge on any atom is -0.309 e. The van der Waals surface area contributed by atoms with Crippen LogP contribution < -0.4 is 0 Å². The quantitative estimate of drug-likeness (QED) is 0.168. The molecule has 13 aromatic rings. The van der Waals surface area contributed by atoms with E-state index in [-0.39, 0.29) is 0 Å². The van der Waals surface area contributed by atoms with Crippen molar-refractivity contribution in [3.8, 4) is 56.7 Å². The van der Waals surface area contributed by atoms with Crippen LogP contribution in [-0.4, -0.2) is 24.1 Å². The molecule has 0 unspecified atom stereocenters. The topological polar surface area (TPSA) is 48.5 Å². The van der Waals surface area contributed by atoms with Gasteiger partial charge in [0.2, 0.25) is 5.95 Å². The maximum atomic E-state index is 5.32. The molecule has 63 heavy (non-hydrogen) atoms. The average molecular weight is 822 g/mol. The number of para-hydroxylation sites is 3. The van der Waals surface area contributed by atoms with Gasteiger partial charge in [0.15, 0.2) is 11.6 Å². The number of rotatable bonds is 6. The molecule has 6 heteroatoms. The second-order valence-corrected chi connectivity index (χ2v) is 17.1. The first kappa shape index (κ1) is 35.6. The van der Waals surface area contributed by atoms with Gasteiger partial charge in [0.05, 0.1) is 22.1 Å². The van der Waals surface area contributed by atoms with Crippen molar-refractivity contribution in [1.82, 2.24) is 24.1 Å². The van der Waals surface area contributed by atoms with Crippen LogP contribution in [0, 0.1) is 0 Å². The van der Waals surface area contributed by atoms with Crippen molar-refractivity contribution in [3.05, 3.63) is 212 Å². The molecule has 0 atom stereocenters. The first-order valence-corrected chi connectivity index (χ1v) is 22.0. The van der Waals surface area contributed by atoms with Gasteiger partial charge in [-0.25, -0.2) is 4.98 Å². The first-order valence-electron chi connectivity index (χ1n) is 21.2. The molecule has 0 fully saturated rings. The lowest BCUT2D eigenvalue weighted by atomic mass is 9.95. The lowest BCUT2D eigenvalue weighted by Crippen LogP contribution is -2.06. The van der Waals surface area contributed by atoms with Crippen molar-refractivity contribution in [2.45, 2.75) is 0 Å². The zero-order chi connectivity index (χ0) is 41.4. The van der Waals surface area contributed by atoms with E-state index in [2.05, 4.69) is 203 Å². The Morgan fingerprint density at radius 1 is 0.317 bits per heavy atom. The smallest absolute Gasteiger partial charge is 0.238 e. The van der Waals surface area contributed by atoms with Crippen LogP contribution in [0.15, 0.2) is 212 Å². The molecule has 294 valence electrons. The molecule has 0 bridgehead atoms. The summed E-state index contributed by atoms with van der Waals surface area (Å²) in [4.78, 5) is 15.7. The fraction of sp³-hybridized carbons (Fsp3) is 0. The molecular weight excluding hydrogens is 787 g/mol. The van der Waals surface area contributed by atoms with Crippen LogP contribution in [0.2, 0.25) is 0 Å². The molecule has 0 aliphatic heterocycles. The van der Waals surface area contributed by atoms with Crippen LogP contribution in [-0.2, 0) is 0 Å². The molecule has 0 saturated heterocycles. The van der Waals surface area contributed by atoms with Crippen LogP contribution in [0.25, 0.3) is 120 Å². The fourth-order valence-corrected chi connectivity index (χ4v) is 10.7. The minimum absolute atomic E-state index is 0.576. The molecule has 5 nitrogen and oxygen atoms in total. The van der Waals surface area contributed by atoms with Crippen molar-refractivity contribution in [2.75, 3.05) is 0 Å². The van der Waals surface area contributed by atoms with Crippen LogP contribution in [0.5, 0.6) is 0 Å². The molecule has 0 saturated carbocycles. The highest BCUT2D eigenvalue weighted by molar-refractivity contribution is 7.25. The van der Waals surface area contributed by atoms with Gasteiger partial charge < -0.3 is 4.57 Å². The maximum absolute atomic E-state index is 5.32. The molecule has 0 aliphatic rings. The Hall–Kier alpha value is -8.19. The summed E-state index contributed by atoms with van der Waals surface area (Å²) in [5, 5.41) is 7.23. The third kappa shape index (κ3) is 5.73. The predicted octanol–water partition coefficient (Wildman–Crippen LogP) is 15.1. The Balaban J connectivity index is 1.07. The standard InChI is InChI=1S/C57H35N5S/c1-3-16-36(17-4-1)39-32-40(42-24-15-29-53-54(42)47-23-10-14-28-52(47)63-53)34-41(33-39)61-48-25-11-7-22-45(48)46-31-30-38(35-51(46)61)56-58-55(37-18-5-2-6-19-37)59-57(60-56)62-49-26-12-8-20-43(49)44-21-9-13-27-50(44)62/h1-35H. The highest BCUT2D eigenvalue weighted by atomic mass is 32.1.